The van der Waals surface area contributed by atoms with Gasteiger partial charge in [-0.25, -0.2) is 9.36 Å². The smallest absolute Gasteiger partial charge is 0.337 e. The molecule has 6 nitrogen and oxygen atoms in total. The van der Waals surface area contributed by atoms with E-state index in [1.807, 2.05) is 39.8 Å². The molecule has 4 rings (SSSR count). The molecule has 0 saturated heterocycles. The van der Waals surface area contributed by atoms with Gasteiger partial charge in [0.15, 0.2) is 0 Å². The van der Waals surface area contributed by atoms with Gasteiger partial charge in [0.25, 0.3) is 5.56 Å². The van der Waals surface area contributed by atoms with Crippen molar-refractivity contribution in [1.29, 1.82) is 0 Å². The van der Waals surface area contributed by atoms with Crippen LogP contribution in [0.15, 0.2) is 27.8 Å². The van der Waals surface area contributed by atoms with E-state index < -0.39 is 5.69 Å². The van der Waals surface area contributed by atoms with Gasteiger partial charge in [0.05, 0.1) is 11.1 Å². The van der Waals surface area contributed by atoms with E-state index in [4.69, 9.17) is 0 Å². The summed E-state index contributed by atoms with van der Waals surface area (Å²) in [5, 5.41) is 3.61. The van der Waals surface area contributed by atoms with E-state index in [2.05, 4.69) is 5.32 Å². The number of nitrogens with one attached hydrogen (secondary N) is 1. The number of amides is 1. The maximum Gasteiger partial charge on any atom is 0.337 e. The zero-order chi connectivity index (χ0) is 22.3. The summed E-state index contributed by atoms with van der Waals surface area (Å²) >= 11 is 1.40. The summed E-state index contributed by atoms with van der Waals surface area (Å²) in [5.74, 6) is -0.177. The van der Waals surface area contributed by atoms with Gasteiger partial charge in [-0.2, -0.15) is 0 Å². The van der Waals surface area contributed by atoms with Crippen LogP contribution in [-0.2, 0) is 11.3 Å². The van der Waals surface area contributed by atoms with Gasteiger partial charge in [-0.1, -0.05) is 25.3 Å². The first-order valence-electron chi connectivity index (χ1n) is 10.9. The molecule has 1 N–H and O–H groups in total. The van der Waals surface area contributed by atoms with Crippen molar-refractivity contribution in [2.45, 2.75) is 72.4 Å². The van der Waals surface area contributed by atoms with Crippen molar-refractivity contribution in [2.24, 2.45) is 0 Å². The predicted octanol–water partition coefficient (Wildman–Crippen LogP) is 3.90. The third-order valence-electron chi connectivity index (χ3n) is 6.47. The molecule has 0 spiro atoms. The molecule has 1 amide bonds. The van der Waals surface area contributed by atoms with E-state index in [0.29, 0.717) is 15.9 Å². The van der Waals surface area contributed by atoms with Gasteiger partial charge < -0.3 is 5.32 Å². The molecule has 7 heteroatoms. The number of hydrogen-bond acceptors (Lipinski definition) is 4. The first-order chi connectivity index (χ1) is 14.8. The van der Waals surface area contributed by atoms with Crippen LogP contribution in [0, 0.1) is 27.7 Å². The molecule has 164 valence electrons. The Balaban J connectivity index is 1.85. The van der Waals surface area contributed by atoms with Crippen LogP contribution >= 0.6 is 11.3 Å². The highest BCUT2D eigenvalue weighted by Crippen LogP contribution is 2.27. The van der Waals surface area contributed by atoms with E-state index >= 15 is 0 Å². The van der Waals surface area contributed by atoms with Crippen LogP contribution in [-0.4, -0.2) is 21.1 Å². The van der Waals surface area contributed by atoms with Crippen molar-refractivity contribution in [1.82, 2.24) is 14.5 Å². The number of carbonyl (C=O) groups excluding carboxylic acids is 1. The van der Waals surface area contributed by atoms with Crippen LogP contribution in [0.4, 0.5) is 0 Å². The van der Waals surface area contributed by atoms with Crippen molar-refractivity contribution in [3.05, 3.63) is 60.6 Å². The molecule has 1 aromatic carbocycles. The molecule has 0 radical (unpaired) electrons. The van der Waals surface area contributed by atoms with Crippen LogP contribution in [0.5, 0.6) is 0 Å². The summed E-state index contributed by atoms with van der Waals surface area (Å²) < 4.78 is 2.68. The summed E-state index contributed by atoms with van der Waals surface area (Å²) in [7, 11) is 0. The molecule has 31 heavy (non-hydrogen) atoms. The highest BCUT2D eigenvalue weighted by Gasteiger charge is 2.22. The number of nitrogens with zero attached hydrogens (tertiary/aromatic N) is 2. The fourth-order valence-electron chi connectivity index (χ4n) is 4.35. The van der Waals surface area contributed by atoms with Crippen molar-refractivity contribution in [3.63, 3.8) is 0 Å². The molecule has 1 aliphatic rings. The number of fused-ring (bicyclic) bond motifs is 1. The molecule has 1 saturated carbocycles. The number of carbonyl (C=O) groups is 1. The molecule has 0 unspecified atom stereocenters. The summed E-state index contributed by atoms with van der Waals surface area (Å²) in [6.45, 7) is 7.70. The Hall–Kier alpha value is -2.67. The lowest BCUT2D eigenvalue weighted by Crippen LogP contribution is -2.43. The summed E-state index contributed by atoms with van der Waals surface area (Å²) in [6, 6.07) is 5.72. The van der Waals surface area contributed by atoms with E-state index in [-0.39, 0.29) is 24.1 Å². The Labute approximate surface area is 185 Å². The molecular formula is C24H29N3O3S. The van der Waals surface area contributed by atoms with Gasteiger partial charge in [0, 0.05) is 10.9 Å². The summed E-state index contributed by atoms with van der Waals surface area (Å²) in [6.07, 6.45) is 5.41. The lowest BCUT2D eigenvalue weighted by Gasteiger charge is -2.23. The minimum absolute atomic E-state index is 0.0870. The molecule has 0 atom stereocenters. The maximum atomic E-state index is 13.5. The second kappa shape index (κ2) is 8.46. The Morgan fingerprint density at radius 3 is 2.45 bits per heavy atom. The Bertz CT molecular complexity index is 1280. The first kappa shape index (κ1) is 21.6. The van der Waals surface area contributed by atoms with Gasteiger partial charge in [0.1, 0.15) is 11.4 Å². The van der Waals surface area contributed by atoms with Crippen molar-refractivity contribution >= 4 is 27.5 Å². The molecule has 1 aliphatic carbocycles. The fourth-order valence-corrected chi connectivity index (χ4v) is 5.49. The fraction of sp³-hybridized carbons (Fsp3) is 0.458. The van der Waals surface area contributed by atoms with Crippen LogP contribution in [0.25, 0.3) is 15.9 Å². The van der Waals surface area contributed by atoms with Gasteiger partial charge >= 0.3 is 5.69 Å². The van der Waals surface area contributed by atoms with Crippen molar-refractivity contribution in [2.75, 3.05) is 0 Å². The van der Waals surface area contributed by atoms with E-state index in [1.54, 1.807) is 6.07 Å². The largest absolute Gasteiger partial charge is 0.352 e. The van der Waals surface area contributed by atoms with Crippen LogP contribution in [0.2, 0.25) is 0 Å². The zero-order valence-electron chi connectivity index (χ0n) is 18.6. The first-order valence-corrected chi connectivity index (χ1v) is 11.7. The molecular weight excluding hydrogens is 410 g/mol. The van der Waals surface area contributed by atoms with Gasteiger partial charge in [-0.15, -0.1) is 11.3 Å². The minimum Gasteiger partial charge on any atom is -0.352 e. The highest BCUT2D eigenvalue weighted by atomic mass is 32.1. The zero-order valence-corrected chi connectivity index (χ0v) is 19.4. The van der Waals surface area contributed by atoms with Gasteiger partial charge in [-0.05, 0) is 69.4 Å². The topological polar surface area (TPSA) is 73.1 Å². The van der Waals surface area contributed by atoms with E-state index in [9.17, 15) is 14.4 Å². The minimum atomic E-state index is -0.471. The number of aromatic nitrogens is 2. The molecule has 2 heterocycles. The van der Waals surface area contributed by atoms with E-state index in [1.165, 1.54) is 26.9 Å². The lowest BCUT2D eigenvalue weighted by atomic mass is 9.95. The van der Waals surface area contributed by atoms with Crippen molar-refractivity contribution < 1.29 is 4.79 Å². The Kier molecular flexibility index (Phi) is 5.88. The normalized spacial score (nSPS) is 14.8. The summed E-state index contributed by atoms with van der Waals surface area (Å²) in [4.78, 5) is 41.3. The molecule has 0 aliphatic heterocycles. The molecule has 3 aromatic rings. The number of rotatable bonds is 4. The number of aryl methyl sites for hydroxylation is 4. The number of hydrogen-bond donors (Lipinski definition) is 1. The van der Waals surface area contributed by atoms with Crippen LogP contribution in [0.1, 0.15) is 53.7 Å². The van der Waals surface area contributed by atoms with Crippen LogP contribution in [0.3, 0.4) is 0 Å². The predicted molar refractivity (Wildman–Crippen MR) is 126 cm³/mol. The van der Waals surface area contributed by atoms with Gasteiger partial charge in [-0.3, -0.25) is 14.2 Å². The van der Waals surface area contributed by atoms with Crippen LogP contribution < -0.4 is 16.6 Å². The quantitative estimate of drug-likeness (QED) is 0.670. The Morgan fingerprint density at radius 2 is 1.77 bits per heavy atom. The average Bonchev–Trinajstić information content (AvgIpc) is 3.03. The summed E-state index contributed by atoms with van der Waals surface area (Å²) in [5.41, 5.74) is 2.69. The van der Waals surface area contributed by atoms with Gasteiger partial charge in [0.2, 0.25) is 5.91 Å². The standard InChI is InChI=1S/C24H29N3O3S/c1-14-10-11-19(12-15(14)2)27-22(29)21-16(3)17(4)31-23(21)26(24(27)30)13-20(28)25-18-8-6-5-7-9-18/h10-12,18H,5-9,13H2,1-4H3,(H,25,28). The third kappa shape index (κ3) is 3.99. The van der Waals surface area contributed by atoms with E-state index in [0.717, 1.165) is 47.3 Å². The second-order valence-corrected chi connectivity index (χ2v) is 9.85. The number of benzene rings is 1. The van der Waals surface area contributed by atoms with Crippen molar-refractivity contribution in [3.8, 4) is 5.69 Å². The highest BCUT2D eigenvalue weighted by molar-refractivity contribution is 7.18. The second-order valence-electron chi connectivity index (χ2n) is 8.64. The SMILES string of the molecule is Cc1ccc(-n2c(=O)c3c(C)c(C)sc3n(CC(=O)NC3CCCCC3)c2=O)cc1C. The monoisotopic (exact) mass is 439 g/mol. The molecule has 0 bridgehead atoms. The Morgan fingerprint density at radius 1 is 1.06 bits per heavy atom. The molecule has 2 aromatic heterocycles. The average molecular weight is 440 g/mol. The lowest BCUT2D eigenvalue weighted by molar-refractivity contribution is -0.122. The third-order valence-corrected chi connectivity index (χ3v) is 7.70. The maximum absolute atomic E-state index is 13.5. The molecule has 1 fully saturated rings. The number of thiophene rings is 1.